The average Bonchev–Trinajstić information content (AvgIpc) is 2.60. The van der Waals surface area contributed by atoms with Crippen molar-refractivity contribution < 1.29 is 23.7 Å². The van der Waals surface area contributed by atoms with Gasteiger partial charge in [-0.25, -0.2) is 0 Å². The van der Waals surface area contributed by atoms with Crippen molar-refractivity contribution in [2.24, 2.45) is 5.92 Å². The predicted octanol–water partition coefficient (Wildman–Crippen LogP) is 0.468. The summed E-state index contributed by atoms with van der Waals surface area (Å²) in [5.74, 6) is -0.245. The lowest BCUT2D eigenvalue weighted by atomic mass is 9.91. The third kappa shape index (κ3) is 1.54. The van der Waals surface area contributed by atoms with Crippen LogP contribution in [0.3, 0.4) is 0 Å². The highest BCUT2D eigenvalue weighted by Gasteiger charge is 2.51. The van der Waals surface area contributed by atoms with E-state index in [1.807, 2.05) is 6.92 Å². The van der Waals surface area contributed by atoms with Gasteiger partial charge in [0, 0.05) is 6.42 Å². The molecule has 16 heavy (non-hydrogen) atoms. The molecule has 3 saturated heterocycles. The maximum absolute atomic E-state index is 11.6. The molecule has 0 aromatic carbocycles. The summed E-state index contributed by atoms with van der Waals surface area (Å²) in [7, 11) is 0. The highest BCUT2D eigenvalue weighted by Crippen LogP contribution is 2.37. The topological polar surface area (TPSA) is 54.0 Å². The summed E-state index contributed by atoms with van der Waals surface area (Å²) in [5, 5.41) is 0. The SMILES string of the molecule is CC[C@@H]1C(=O)O[C@H]2C[C@@H]3OCOC[C@H]3O[C@H]21. The fourth-order valence-corrected chi connectivity index (χ4v) is 2.75. The number of rotatable bonds is 1. The highest BCUT2D eigenvalue weighted by atomic mass is 16.7. The van der Waals surface area contributed by atoms with Crippen molar-refractivity contribution in [3.05, 3.63) is 0 Å². The van der Waals surface area contributed by atoms with Crippen LogP contribution < -0.4 is 0 Å². The van der Waals surface area contributed by atoms with Crippen LogP contribution in [0, 0.1) is 5.92 Å². The molecular weight excluding hydrogens is 212 g/mol. The lowest BCUT2D eigenvalue weighted by Gasteiger charge is -2.40. The van der Waals surface area contributed by atoms with E-state index in [2.05, 4.69) is 0 Å². The molecule has 0 aliphatic carbocycles. The van der Waals surface area contributed by atoms with Crippen LogP contribution in [0.2, 0.25) is 0 Å². The molecule has 3 heterocycles. The Bertz CT molecular complexity index is 292. The van der Waals surface area contributed by atoms with Gasteiger partial charge in [-0.1, -0.05) is 6.92 Å². The van der Waals surface area contributed by atoms with E-state index < -0.39 is 0 Å². The molecule has 3 aliphatic rings. The van der Waals surface area contributed by atoms with Gasteiger partial charge in [0.15, 0.2) is 0 Å². The summed E-state index contributed by atoms with van der Waals surface area (Å²) in [6, 6.07) is 0. The molecule has 0 spiro atoms. The van der Waals surface area contributed by atoms with E-state index in [0.717, 1.165) is 12.8 Å². The van der Waals surface area contributed by atoms with Crippen LogP contribution in [-0.4, -0.2) is 43.8 Å². The van der Waals surface area contributed by atoms with Gasteiger partial charge >= 0.3 is 5.97 Å². The van der Waals surface area contributed by atoms with E-state index in [9.17, 15) is 4.79 Å². The van der Waals surface area contributed by atoms with Crippen molar-refractivity contribution in [1.82, 2.24) is 0 Å². The molecule has 0 bridgehead atoms. The van der Waals surface area contributed by atoms with Gasteiger partial charge in [0.2, 0.25) is 0 Å². The zero-order valence-corrected chi connectivity index (χ0v) is 9.26. The van der Waals surface area contributed by atoms with Gasteiger partial charge < -0.3 is 18.9 Å². The number of esters is 1. The fourth-order valence-electron chi connectivity index (χ4n) is 2.75. The van der Waals surface area contributed by atoms with Crippen molar-refractivity contribution >= 4 is 5.97 Å². The zero-order chi connectivity index (χ0) is 11.1. The first-order valence-corrected chi connectivity index (χ1v) is 5.85. The third-order valence-corrected chi connectivity index (χ3v) is 3.63. The molecule has 3 rings (SSSR count). The van der Waals surface area contributed by atoms with Crippen molar-refractivity contribution in [3.8, 4) is 0 Å². The first-order chi connectivity index (χ1) is 7.79. The standard InChI is InChI=1S/C11H16O5/c1-2-6-10-8(16-11(6)12)3-7-9(15-10)4-13-5-14-7/h6-10H,2-5H2,1H3/t6-,7-,8-,9+,10-/m0/s1. The Labute approximate surface area is 94.0 Å². The summed E-state index contributed by atoms with van der Waals surface area (Å²) in [4.78, 5) is 11.6. The van der Waals surface area contributed by atoms with E-state index in [1.165, 1.54) is 0 Å². The van der Waals surface area contributed by atoms with E-state index in [0.29, 0.717) is 13.4 Å². The van der Waals surface area contributed by atoms with Crippen LogP contribution in [0.15, 0.2) is 0 Å². The number of fused-ring (bicyclic) bond motifs is 2. The van der Waals surface area contributed by atoms with Gasteiger partial charge in [-0.05, 0) is 6.42 Å². The number of carbonyl (C=O) groups excluding carboxylic acids is 1. The van der Waals surface area contributed by atoms with Crippen molar-refractivity contribution in [2.75, 3.05) is 13.4 Å². The van der Waals surface area contributed by atoms with Gasteiger partial charge in [-0.3, -0.25) is 4.79 Å². The summed E-state index contributed by atoms with van der Waals surface area (Å²) in [5.41, 5.74) is 0. The van der Waals surface area contributed by atoms with Gasteiger partial charge in [0.1, 0.15) is 25.1 Å². The molecule has 5 nitrogen and oxygen atoms in total. The molecule has 0 radical (unpaired) electrons. The van der Waals surface area contributed by atoms with Crippen LogP contribution >= 0.6 is 0 Å². The molecule has 0 saturated carbocycles. The quantitative estimate of drug-likeness (QED) is 0.611. The maximum Gasteiger partial charge on any atom is 0.312 e. The van der Waals surface area contributed by atoms with Gasteiger partial charge in [0.25, 0.3) is 0 Å². The lowest BCUT2D eigenvalue weighted by molar-refractivity contribution is -0.255. The summed E-state index contributed by atoms with van der Waals surface area (Å²) in [6.07, 6.45) is 1.23. The van der Waals surface area contributed by atoms with Crippen molar-refractivity contribution in [1.29, 1.82) is 0 Å². The van der Waals surface area contributed by atoms with E-state index in [4.69, 9.17) is 18.9 Å². The molecule has 3 aliphatic heterocycles. The number of hydrogen-bond acceptors (Lipinski definition) is 5. The molecular formula is C11H16O5. The second-order valence-electron chi connectivity index (χ2n) is 4.56. The molecule has 90 valence electrons. The normalized spacial score (nSPS) is 47.1. The van der Waals surface area contributed by atoms with Crippen molar-refractivity contribution in [3.63, 3.8) is 0 Å². The summed E-state index contributed by atoms with van der Waals surface area (Å²) in [6.45, 7) is 2.85. The Balaban J connectivity index is 1.76. The molecule has 0 aromatic rings. The summed E-state index contributed by atoms with van der Waals surface area (Å²) >= 11 is 0. The Morgan fingerprint density at radius 1 is 1.31 bits per heavy atom. The fraction of sp³-hybridized carbons (Fsp3) is 0.909. The minimum Gasteiger partial charge on any atom is -0.459 e. The highest BCUT2D eigenvalue weighted by molar-refractivity contribution is 5.75. The molecule has 0 amide bonds. The van der Waals surface area contributed by atoms with Crippen LogP contribution in [0.5, 0.6) is 0 Å². The predicted molar refractivity (Wildman–Crippen MR) is 52.6 cm³/mol. The van der Waals surface area contributed by atoms with Gasteiger partial charge in [-0.2, -0.15) is 0 Å². The first kappa shape index (κ1) is 10.5. The number of carbonyl (C=O) groups is 1. The Morgan fingerprint density at radius 3 is 3.00 bits per heavy atom. The Kier molecular flexibility index (Phi) is 2.61. The number of hydrogen-bond donors (Lipinski definition) is 0. The van der Waals surface area contributed by atoms with E-state index in [1.54, 1.807) is 0 Å². The van der Waals surface area contributed by atoms with Crippen molar-refractivity contribution in [2.45, 2.75) is 44.2 Å². The van der Waals surface area contributed by atoms with Crippen LogP contribution in [0.1, 0.15) is 19.8 Å². The Morgan fingerprint density at radius 2 is 2.19 bits per heavy atom. The minimum absolute atomic E-state index is 0.0124. The third-order valence-electron chi connectivity index (χ3n) is 3.63. The monoisotopic (exact) mass is 228 g/mol. The molecule has 5 atom stereocenters. The first-order valence-electron chi connectivity index (χ1n) is 5.85. The second-order valence-corrected chi connectivity index (χ2v) is 4.56. The van der Waals surface area contributed by atoms with Gasteiger partial charge in [-0.15, -0.1) is 0 Å². The average molecular weight is 228 g/mol. The lowest BCUT2D eigenvalue weighted by Crippen LogP contribution is -2.52. The maximum atomic E-state index is 11.6. The smallest absolute Gasteiger partial charge is 0.312 e. The van der Waals surface area contributed by atoms with Crippen LogP contribution in [0.4, 0.5) is 0 Å². The minimum atomic E-state index is -0.128. The molecule has 5 heteroatoms. The zero-order valence-electron chi connectivity index (χ0n) is 9.26. The molecule has 0 unspecified atom stereocenters. The van der Waals surface area contributed by atoms with Gasteiger partial charge in [0.05, 0.1) is 18.6 Å². The van der Waals surface area contributed by atoms with Crippen LogP contribution in [-0.2, 0) is 23.7 Å². The Hall–Kier alpha value is -0.650. The van der Waals surface area contributed by atoms with E-state index >= 15 is 0 Å². The molecule has 0 aromatic heterocycles. The molecule has 0 N–H and O–H groups in total. The number of ether oxygens (including phenoxy) is 4. The second kappa shape index (κ2) is 3.98. The largest absolute Gasteiger partial charge is 0.459 e. The van der Waals surface area contributed by atoms with Crippen LogP contribution in [0.25, 0.3) is 0 Å². The van der Waals surface area contributed by atoms with E-state index in [-0.39, 0.29) is 36.3 Å². The summed E-state index contributed by atoms with van der Waals surface area (Å²) < 4.78 is 21.9. The molecule has 3 fully saturated rings.